The second-order valence-corrected chi connectivity index (χ2v) is 6.68. The standard InChI is InChI=1S/C18H37N/c1-5-12-19-18(14-15(6-2)7-3)17-11-9-10-16(8-4)13-17/h15-19H,5-14H2,1-4H3. The van der Waals surface area contributed by atoms with Crippen LogP contribution in [0.1, 0.15) is 85.5 Å². The molecule has 0 aliphatic heterocycles. The summed E-state index contributed by atoms with van der Waals surface area (Å²) in [7, 11) is 0. The lowest BCUT2D eigenvalue weighted by molar-refractivity contribution is 0.185. The number of hydrogen-bond donors (Lipinski definition) is 1. The SMILES string of the molecule is CCCNC(CC(CC)CC)C1CCCC(CC)C1. The van der Waals surface area contributed by atoms with Crippen molar-refractivity contribution in [3.63, 3.8) is 0 Å². The molecule has 3 unspecified atom stereocenters. The van der Waals surface area contributed by atoms with Gasteiger partial charge in [0.25, 0.3) is 0 Å². The Bertz CT molecular complexity index is 210. The Morgan fingerprint density at radius 2 is 1.79 bits per heavy atom. The highest BCUT2D eigenvalue weighted by atomic mass is 14.9. The largest absolute Gasteiger partial charge is 0.314 e. The van der Waals surface area contributed by atoms with Crippen LogP contribution >= 0.6 is 0 Å². The van der Waals surface area contributed by atoms with Crippen LogP contribution in [0.4, 0.5) is 0 Å². The van der Waals surface area contributed by atoms with Crippen molar-refractivity contribution in [2.75, 3.05) is 6.54 Å². The van der Waals surface area contributed by atoms with Gasteiger partial charge >= 0.3 is 0 Å². The summed E-state index contributed by atoms with van der Waals surface area (Å²) in [5, 5.41) is 3.88. The maximum atomic E-state index is 3.88. The summed E-state index contributed by atoms with van der Waals surface area (Å²) in [6.07, 6.45) is 12.7. The van der Waals surface area contributed by atoms with Crippen LogP contribution in [0.2, 0.25) is 0 Å². The Morgan fingerprint density at radius 3 is 2.37 bits per heavy atom. The van der Waals surface area contributed by atoms with Gasteiger partial charge in [0.2, 0.25) is 0 Å². The van der Waals surface area contributed by atoms with Gasteiger partial charge in [-0.25, -0.2) is 0 Å². The van der Waals surface area contributed by atoms with Crippen molar-refractivity contribution in [1.29, 1.82) is 0 Å². The van der Waals surface area contributed by atoms with Crippen LogP contribution in [0.25, 0.3) is 0 Å². The quantitative estimate of drug-likeness (QED) is 0.590. The molecule has 0 amide bonds. The van der Waals surface area contributed by atoms with E-state index in [-0.39, 0.29) is 0 Å². The van der Waals surface area contributed by atoms with E-state index in [1.54, 1.807) is 0 Å². The molecule has 0 aromatic heterocycles. The van der Waals surface area contributed by atoms with Gasteiger partial charge in [-0.2, -0.15) is 0 Å². The Hall–Kier alpha value is -0.0400. The summed E-state index contributed by atoms with van der Waals surface area (Å²) in [4.78, 5) is 0. The molecule has 114 valence electrons. The lowest BCUT2D eigenvalue weighted by Crippen LogP contribution is -2.40. The van der Waals surface area contributed by atoms with Crippen molar-refractivity contribution in [2.24, 2.45) is 17.8 Å². The first kappa shape index (κ1) is 17.0. The second-order valence-electron chi connectivity index (χ2n) is 6.68. The molecule has 1 saturated carbocycles. The Kier molecular flexibility index (Phi) is 8.77. The van der Waals surface area contributed by atoms with Crippen molar-refractivity contribution in [3.05, 3.63) is 0 Å². The number of rotatable bonds is 9. The van der Waals surface area contributed by atoms with E-state index in [0.717, 1.165) is 23.8 Å². The molecule has 1 aliphatic rings. The van der Waals surface area contributed by atoms with Crippen LogP contribution < -0.4 is 5.32 Å². The molecule has 0 bridgehead atoms. The first-order chi connectivity index (χ1) is 9.24. The third-order valence-corrected chi connectivity index (χ3v) is 5.37. The average Bonchev–Trinajstić information content (AvgIpc) is 2.47. The fraction of sp³-hybridized carbons (Fsp3) is 1.00. The van der Waals surface area contributed by atoms with E-state index in [2.05, 4.69) is 33.0 Å². The van der Waals surface area contributed by atoms with Crippen molar-refractivity contribution < 1.29 is 0 Å². The van der Waals surface area contributed by atoms with E-state index in [4.69, 9.17) is 0 Å². The summed E-state index contributed by atoms with van der Waals surface area (Å²) in [6, 6.07) is 0.791. The normalized spacial score (nSPS) is 25.7. The third kappa shape index (κ3) is 5.85. The Balaban J connectivity index is 2.55. The van der Waals surface area contributed by atoms with Gasteiger partial charge in [-0.1, -0.05) is 59.8 Å². The van der Waals surface area contributed by atoms with Crippen LogP contribution in [-0.2, 0) is 0 Å². The predicted octanol–water partition coefficient (Wildman–Crippen LogP) is 5.40. The van der Waals surface area contributed by atoms with Gasteiger partial charge in [-0.3, -0.25) is 0 Å². The molecule has 1 N–H and O–H groups in total. The first-order valence-corrected chi connectivity index (χ1v) is 8.98. The molecule has 0 aromatic carbocycles. The highest BCUT2D eigenvalue weighted by Gasteiger charge is 2.28. The fourth-order valence-corrected chi connectivity index (χ4v) is 3.82. The number of hydrogen-bond acceptors (Lipinski definition) is 1. The van der Waals surface area contributed by atoms with Gasteiger partial charge in [-0.05, 0) is 50.0 Å². The van der Waals surface area contributed by atoms with Crippen LogP contribution in [-0.4, -0.2) is 12.6 Å². The first-order valence-electron chi connectivity index (χ1n) is 8.98. The molecule has 1 fully saturated rings. The zero-order valence-corrected chi connectivity index (χ0v) is 13.9. The molecule has 1 aliphatic carbocycles. The van der Waals surface area contributed by atoms with E-state index >= 15 is 0 Å². The summed E-state index contributed by atoms with van der Waals surface area (Å²) < 4.78 is 0. The van der Waals surface area contributed by atoms with Crippen molar-refractivity contribution >= 4 is 0 Å². The minimum absolute atomic E-state index is 0.791. The maximum absolute atomic E-state index is 3.88. The molecule has 1 heteroatoms. The van der Waals surface area contributed by atoms with E-state index < -0.39 is 0 Å². The van der Waals surface area contributed by atoms with Crippen LogP contribution in [0.15, 0.2) is 0 Å². The smallest absolute Gasteiger partial charge is 0.00980 e. The van der Waals surface area contributed by atoms with Crippen molar-refractivity contribution in [3.8, 4) is 0 Å². The van der Waals surface area contributed by atoms with E-state index in [1.165, 1.54) is 64.3 Å². The molecular formula is C18H37N. The second kappa shape index (κ2) is 9.80. The minimum atomic E-state index is 0.791. The molecular weight excluding hydrogens is 230 g/mol. The lowest BCUT2D eigenvalue weighted by Gasteiger charge is -2.36. The van der Waals surface area contributed by atoms with Gasteiger partial charge in [0.1, 0.15) is 0 Å². The molecule has 3 atom stereocenters. The minimum Gasteiger partial charge on any atom is -0.314 e. The number of nitrogens with one attached hydrogen (secondary N) is 1. The third-order valence-electron chi connectivity index (χ3n) is 5.37. The van der Waals surface area contributed by atoms with Gasteiger partial charge in [-0.15, -0.1) is 0 Å². The van der Waals surface area contributed by atoms with Crippen molar-refractivity contribution in [1.82, 2.24) is 5.32 Å². The highest BCUT2D eigenvalue weighted by molar-refractivity contribution is 4.83. The van der Waals surface area contributed by atoms with E-state index in [0.29, 0.717) is 0 Å². The highest BCUT2D eigenvalue weighted by Crippen LogP contribution is 2.35. The zero-order valence-electron chi connectivity index (χ0n) is 13.9. The van der Waals surface area contributed by atoms with Crippen LogP contribution in [0.5, 0.6) is 0 Å². The summed E-state index contributed by atoms with van der Waals surface area (Å²) in [6.45, 7) is 10.6. The average molecular weight is 268 g/mol. The monoisotopic (exact) mass is 267 g/mol. The summed E-state index contributed by atoms with van der Waals surface area (Å²) >= 11 is 0. The topological polar surface area (TPSA) is 12.0 Å². The molecule has 0 radical (unpaired) electrons. The Labute approximate surface area is 121 Å². The van der Waals surface area contributed by atoms with Crippen LogP contribution in [0.3, 0.4) is 0 Å². The molecule has 0 spiro atoms. The van der Waals surface area contributed by atoms with Gasteiger partial charge in [0, 0.05) is 6.04 Å². The maximum Gasteiger partial charge on any atom is 0.00980 e. The van der Waals surface area contributed by atoms with Gasteiger partial charge in [0.05, 0.1) is 0 Å². The van der Waals surface area contributed by atoms with Crippen LogP contribution in [0, 0.1) is 17.8 Å². The predicted molar refractivity (Wildman–Crippen MR) is 86.5 cm³/mol. The van der Waals surface area contributed by atoms with E-state index in [1.807, 2.05) is 0 Å². The zero-order chi connectivity index (χ0) is 14.1. The molecule has 1 rings (SSSR count). The molecule has 0 saturated heterocycles. The van der Waals surface area contributed by atoms with Gasteiger partial charge in [0.15, 0.2) is 0 Å². The molecule has 0 heterocycles. The fourth-order valence-electron chi connectivity index (χ4n) is 3.82. The summed E-state index contributed by atoms with van der Waals surface area (Å²) in [5.74, 6) is 2.88. The Morgan fingerprint density at radius 1 is 1.05 bits per heavy atom. The molecule has 1 nitrogen and oxygen atoms in total. The molecule has 0 aromatic rings. The van der Waals surface area contributed by atoms with Crippen molar-refractivity contribution in [2.45, 2.75) is 91.5 Å². The molecule has 19 heavy (non-hydrogen) atoms. The van der Waals surface area contributed by atoms with E-state index in [9.17, 15) is 0 Å². The lowest BCUT2D eigenvalue weighted by atomic mass is 9.74. The summed E-state index contributed by atoms with van der Waals surface area (Å²) in [5.41, 5.74) is 0. The van der Waals surface area contributed by atoms with Gasteiger partial charge < -0.3 is 5.32 Å².